The number of ether oxygens (including phenoxy) is 1. The summed E-state index contributed by atoms with van der Waals surface area (Å²) in [5.41, 5.74) is 0. The van der Waals surface area contributed by atoms with E-state index in [2.05, 4.69) is 5.32 Å². The first kappa shape index (κ1) is 11.2. The quantitative estimate of drug-likeness (QED) is 0.662. The molecule has 0 spiro atoms. The van der Waals surface area contributed by atoms with Crippen LogP contribution in [0.25, 0.3) is 0 Å². The lowest BCUT2D eigenvalue weighted by molar-refractivity contribution is 0.0809. The molecule has 0 bridgehead atoms. The van der Waals surface area contributed by atoms with E-state index in [1.807, 2.05) is 20.8 Å². The first-order valence-corrected chi connectivity index (χ1v) is 4.13. The summed E-state index contributed by atoms with van der Waals surface area (Å²) in [6, 6.07) is 0. The average Bonchev–Trinajstić information content (AvgIpc) is 2.00. The van der Waals surface area contributed by atoms with Crippen LogP contribution in [0.15, 0.2) is 0 Å². The normalized spacial score (nSPS) is 12.8. The van der Waals surface area contributed by atoms with Gasteiger partial charge < -0.3 is 15.2 Å². The number of nitrogens with one attached hydrogen (secondary N) is 1. The second-order valence-corrected chi connectivity index (χ2v) is 3.00. The molecule has 0 aliphatic rings. The number of rotatable bonds is 4. The number of carbonyl (C=O) groups is 1. The molecule has 0 radical (unpaired) electrons. The van der Waals surface area contributed by atoms with E-state index in [4.69, 9.17) is 9.84 Å². The second-order valence-electron chi connectivity index (χ2n) is 3.00. The molecule has 0 aromatic rings. The number of hydrogen-bond donors (Lipinski definition) is 2. The molecule has 0 heterocycles. The topological polar surface area (TPSA) is 58.6 Å². The summed E-state index contributed by atoms with van der Waals surface area (Å²) in [6.45, 7) is 5.96. The lowest BCUT2D eigenvalue weighted by Crippen LogP contribution is -2.31. The molecule has 0 saturated heterocycles. The molecular weight excluding hydrogens is 158 g/mol. The van der Waals surface area contributed by atoms with Gasteiger partial charge in [-0.25, -0.2) is 4.79 Å². The van der Waals surface area contributed by atoms with Gasteiger partial charge in [0, 0.05) is 6.54 Å². The summed E-state index contributed by atoms with van der Waals surface area (Å²) in [4.78, 5) is 10.9. The summed E-state index contributed by atoms with van der Waals surface area (Å²) in [7, 11) is 0. The van der Waals surface area contributed by atoms with Crippen LogP contribution in [0.4, 0.5) is 4.79 Å². The van der Waals surface area contributed by atoms with E-state index in [0.29, 0.717) is 5.92 Å². The predicted octanol–water partition coefficient (Wildman–Crippen LogP) is 0.749. The van der Waals surface area contributed by atoms with E-state index < -0.39 is 6.09 Å². The van der Waals surface area contributed by atoms with Crippen molar-refractivity contribution in [3.8, 4) is 0 Å². The molecule has 72 valence electrons. The number of aliphatic hydroxyl groups is 1. The smallest absolute Gasteiger partial charge is 0.407 e. The minimum Gasteiger partial charge on any atom is -0.446 e. The van der Waals surface area contributed by atoms with Gasteiger partial charge in [-0.15, -0.1) is 0 Å². The minimum atomic E-state index is -0.467. The highest BCUT2D eigenvalue weighted by molar-refractivity contribution is 5.67. The van der Waals surface area contributed by atoms with Gasteiger partial charge in [-0.1, -0.05) is 13.8 Å². The van der Waals surface area contributed by atoms with Crippen molar-refractivity contribution >= 4 is 6.09 Å². The largest absolute Gasteiger partial charge is 0.446 e. The summed E-state index contributed by atoms with van der Waals surface area (Å²) in [6.07, 6.45) is -0.561. The molecule has 0 fully saturated rings. The Labute approximate surface area is 72.9 Å². The monoisotopic (exact) mass is 175 g/mol. The third-order valence-electron chi connectivity index (χ3n) is 1.61. The Morgan fingerprint density at radius 3 is 2.50 bits per heavy atom. The van der Waals surface area contributed by atoms with Crippen LogP contribution < -0.4 is 5.32 Å². The van der Waals surface area contributed by atoms with Crippen LogP contribution in [0, 0.1) is 5.92 Å². The van der Waals surface area contributed by atoms with Crippen molar-refractivity contribution < 1.29 is 14.6 Å². The molecule has 0 aliphatic carbocycles. The van der Waals surface area contributed by atoms with E-state index in [-0.39, 0.29) is 19.3 Å². The molecule has 0 rings (SSSR count). The average molecular weight is 175 g/mol. The van der Waals surface area contributed by atoms with Crippen molar-refractivity contribution in [2.45, 2.75) is 26.9 Å². The fourth-order valence-corrected chi connectivity index (χ4v) is 0.505. The Bertz CT molecular complexity index is 136. The fourth-order valence-electron chi connectivity index (χ4n) is 0.505. The first-order chi connectivity index (χ1) is 5.57. The zero-order valence-electron chi connectivity index (χ0n) is 7.83. The highest BCUT2D eigenvalue weighted by Crippen LogP contribution is 2.04. The molecule has 12 heavy (non-hydrogen) atoms. The van der Waals surface area contributed by atoms with Gasteiger partial charge >= 0.3 is 6.09 Å². The third-order valence-corrected chi connectivity index (χ3v) is 1.61. The van der Waals surface area contributed by atoms with E-state index in [1.165, 1.54) is 0 Å². The Morgan fingerprint density at radius 1 is 1.50 bits per heavy atom. The summed E-state index contributed by atoms with van der Waals surface area (Å²) in [5.74, 6) is 0.310. The van der Waals surface area contributed by atoms with Gasteiger partial charge in [0.2, 0.25) is 0 Å². The maximum Gasteiger partial charge on any atom is 0.407 e. The molecule has 1 atom stereocenters. The molecule has 1 amide bonds. The van der Waals surface area contributed by atoms with E-state index in [9.17, 15) is 4.79 Å². The third kappa shape index (κ3) is 4.96. The van der Waals surface area contributed by atoms with E-state index >= 15 is 0 Å². The number of hydrogen-bond acceptors (Lipinski definition) is 3. The SMILES string of the molecule is CC(C)[C@@H](C)OC(=O)NCCO. The highest BCUT2D eigenvalue weighted by Gasteiger charge is 2.11. The van der Waals surface area contributed by atoms with Crippen LogP contribution in [0.3, 0.4) is 0 Å². The number of amides is 1. The molecule has 0 unspecified atom stereocenters. The zero-order valence-corrected chi connectivity index (χ0v) is 7.83. The van der Waals surface area contributed by atoms with Gasteiger partial charge in [0.25, 0.3) is 0 Å². The number of aliphatic hydroxyl groups excluding tert-OH is 1. The van der Waals surface area contributed by atoms with Gasteiger partial charge in [0.1, 0.15) is 6.10 Å². The van der Waals surface area contributed by atoms with Crippen molar-refractivity contribution in [1.29, 1.82) is 0 Å². The summed E-state index contributed by atoms with van der Waals surface area (Å²) < 4.78 is 4.95. The van der Waals surface area contributed by atoms with Crippen LogP contribution in [0.5, 0.6) is 0 Å². The molecule has 4 nitrogen and oxygen atoms in total. The fraction of sp³-hybridized carbons (Fsp3) is 0.875. The van der Waals surface area contributed by atoms with E-state index in [0.717, 1.165) is 0 Å². The maximum absolute atomic E-state index is 10.9. The first-order valence-electron chi connectivity index (χ1n) is 4.13. The van der Waals surface area contributed by atoms with Crippen LogP contribution in [0.1, 0.15) is 20.8 Å². The molecule has 0 aromatic carbocycles. The van der Waals surface area contributed by atoms with E-state index in [1.54, 1.807) is 0 Å². The van der Waals surface area contributed by atoms with Crippen molar-refractivity contribution in [1.82, 2.24) is 5.32 Å². The van der Waals surface area contributed by atoms with Crippen LogP contribution in [0.2, 0.25) is 0 Å². The number of alkyl carbamates (subject to hydrolysis) is 1. The Hall–Kier alpha value is -0.770. The lowest BCUT2D eigenvalue weighted by atomic mass is 10.1. The Balaban J connectivity index is 3.54. The van der Waals surface area contributed by atoms with Crippen molar-refractivity contribution in [2.24, 2.45) is 5.92 Å². The minimum absolute atomic E-state index is 0.0643. The second kappa shape index (κ2) is 5.83. The standard InChI is InChI=1S/C8H17NO3/c1-6(2)7(3)12-8(11)9-4-5-10/h6-7,10H,4-5H2,1-3H3,(H,9,11)/t7-/m1/s1. The Morgan fingerprint density at radius 2 is 2.08 bits per heavy atom. The van der Waals surface area contributed by atoms with Gasteiger partial charge in [0.15, 0.2) is 0 Å². The van der Waals surface area contributed by atoms with Crippen molar-refractivity contribution in [2.75, 3.05) is 13.2 Å². The summed E-state index contributed by atoms with van der Waals surface area (Å²) in [5, 5.41) is 10.8. The van der Waals surface area contributed by atoms with Crippen molar-refractivity contribution in [3.63, 3.8) is 0 Å². The van der Waals surface area contributed by atoms with Gasteiger partial charge in [0.05, 0.1) is 6.61 Å². The molecule has 0 aliphatic heterocycles. The molecule has 0 saturated carbocycles. The van der Waals surface area contributed by atoms with Crippen LogP contribution >= 0.6 is 0 Å². The predicted molar refractivity (Wildman–Crippen MR) is 45.9 cm³/mol. The maximum atomic E-state index is 10.9. The van der Waals surface area contributed by atoms with Crippen LogP contribution in [-0.4, -0.2) is 30.5 Å². The summed E-state index contributed by atoms with van der Waals surface area (Å²) >= 11 is 0. The van der Waals surface area contributed by atoms with Crippen LogP contribution in [-0.2, 0) is 4.74 Å². The molecule has 2 N–H and O–H groups in total. The zero-order chi connectivity index (χ0) is 9.56. The molecular formula is C8H17NO3. The number of carbonyl (C=O) groups excluding carboxylic acids is 1. The van der Waals surface area contributed by atoms with Gasteiger partial charge in [-0.2, -0.15) is 0 Å². The van der Waals surface area contributed by atoms with Gasteiger partial charge in [-0.3, -0.25) is 0 Å². The van der Waals surface area contributed by atoms with Gasteiger partial charge in [-0.05, 0) is 12.8 Å². The molecule has 4 heteroatoms. The lowest BCUT2D eigenvalue weighted by Gasteiger charge is -2.16. The highest BCUT2D eigenvalue weighted by atomic mass is 16.6. The van der Waals surface area contributed by atoms with Crippen molar-refractivity contribution in [3.05, 3.63) is 0 Å². The molecule has 0 aromatic heterocycles. The Kier molecular flexibility index (Phi) is 5.45.